The van der Waals surface area contributed by atoms with Gasteiger partial charge in [-0.15, -0.1) is 0 Å². The van der Waals surface area contributed by atoms with Crippen molar-refractivity contribution < 1.29 is 28.4 Å². The van der Waals surface area contributed by atoms with Crippen LogP contribution in [0.15, 0.2) is 215 Å². The molecule has 16 heteroatoms. The van der Waals surface area contributed by atoms with Crippen LogP contribution in [0.3, 0.4) is 0 Å². The van der Waals surface area contributed by atoms with Crippen molar-refractivity contribution in [2.45, 2.75) is 144 Å². The number of pyridine rings is 2. The first-order valence-corrected chi connectivity index (χ1v) is 35.8. The number of phenolic OH excluding ortho intramolecular Hbond substituents is 2. The van der Waals surface area contributed by atoms with E-state index in [1.807, 2.05) is 91.3 Å². The summed E-state index contributed by atoms with van der Waals surface area (Å²) in [6.07, 6.45) is 3.68. The maximum Gasteiger partial charge on any atom is 0.494 e. The Kier molecular flexibility index (Phi) is 16.8. The molecule has 16 aromatic rings. The van der Waals surface area contributed by atoms with Crippen molar-refractivity contribution in [1.82, 2.24) is 39.0 Å². The summed E-state index contributed by atoms with van der Waals surface area (Å²) in [6, 6.07) is 65.5. The molecule has 104 heavy (non-hydrogen) atoms. The van der Waals surface area contributed by atoms with E-state index in [1.165, 1.54) is 5.39 Å². The molecule has 0 unspecified atom stereocenters. The van der Waals surface area contributed by atoms with Crippen LogP contribution in [0.2, 0.25) is 5.28 Å². The third kappa shape index (κ3) is 12.3. The van der Waals surface area contributed by atoms with E-state index in [1.54, 1.807) is 0 Å². The van der Waals surface area contributed by atoms with Gasteiger partial charge in [0.2, 0.25) is 5.28 Å². The quantitative estimate of drug-likeness (QED) is 0.119. The van der Waals surface area contributed by atoms with Crippen molar-refractivity contribution in [2.24, 2.45) is 0 Å². The van der Waals surface area contributed by atoms with E-state index in [-0.39, 0.29) is 56.8 Å². The third-order valence-corrected chi connectivity index (χ3v) is 20.5. The van der Waals surface area contributed by atoms with E-state index < -0.39 is 0 Å². The Morgan fingerprint density at radius 3 is 1.32 bits per heavy atom. The van der Waals surface area contributed by atoms with Gasteiger partial charge in [0.05, 0.1) is 22.2 Å². The van der Waals surface area contributed by atoms with E-state index in [0.717, 1.165) is 99.5 Å². The smallest absolute Gasteiger partial charge is 0.494 e. The zero-order chi connectivity index (χ0) is 73.3. The maximum atomic E-state index is 11.9. The highest BCUT2D eigenvalue weighted by Gasteiger charge is 2.52. The summed E-state index contributed by atoms with van der Waals surface area (Å²) in [5, 5.41) is 29.7. The van der Waals surface area contributed by atoms with Crippen LogP contribution < -0.4 is 5.46 Å². The van der Waals surface area contributed by atoms with Gasteiger partial charge in [0.25, 0.3) is 0 Å². The lowest BCUT2D eigenvalue weighted by Crippen LogP contribution is -2.41. The molecule has 0 aliphatic carbocycles. The molecule has 2 N–H and O–H groups in total. The lowest BCUT2D eigenvalue weighted by Gasteiger charge is -2.32. The lowest BCUT2D eigenvalue weighted by molar-refractivity contribution is 0.00578. The Hall–Kier alpha value is -10.7. The molecular weight excluding hydrogens is 1310 g/mol. The van der Waals surface area contributed by atoms with Gasteiger partial charge in [0.15, 0.2) is 17.0 Å². The molecule has 14 nitrogen and oxygen atoms in total. The molecule has 8 aromatic heterocycles. The summed E-state index contributed by atoms with van der Waals surface area (Å²) in [4.78, 5) is 28.6. The molecule has 0 spiro atoms. The summed E-state index contributed by atoms with van der Waals surface area (Å²) in [6.45, 7) is 33.9. The van der Waals surface area contributed by atoms with E-state index >= 15 is 0 Å². The van der Waals surface area contributed by atoms with Crippen LogP contribution in [-0.2, 0) is 31.0 Å². The van der Waals surface area contributed by atoms with Gasteiger partial charge in [-0.3, -0.25) is 9.13 Å². The second kappa shape index (κ2) is 25.3. The van der Waals surface area contributed by atoms with E-state index in [9.17, 15) is 10.2 Å². The van der Waals surface area contributed by atoms with Crippen LogP contribution in [0.25, 0.3) is 133 Å². The lowest BCUT2D eigenvalue weighted by atomic mass is 9.78. The van der Waals surface area contributed by atoms with Gasteiger partial charge in [0.1, 0.15) is 56.4 Å². The number of aromatic hydroxyl groups is 2. The van der Waals surface area contributed by atoms with Crippen LogP contribution in [0.4, 0.5) is 0 Å². The Labute approximate surface area is 610 Å². The van der Waals surface area contributed by atoms with Crippen LogP contribution in [0, 0.1) is 0 Å². The average Bonchev–Trinajstić information content (AvgIpc) is 1.60. The fourth-order valence-corrected chi connectivity index (χ4v) is 14.1. The predicted octanol–water partition coefficient (Wildman–Crippen LogP) is 22.0. The van der Waals surface area contributed by atoms with Gasteiger partial charge in [0, 0.05) is 83.9 Å². The molecule has 0 atom stereocenters. The number of phenols is 2. The number of para-hydroxylation sites is 4. The summed E-state index contributed by atoms with van der Waals surface area (Å²) in [5.41, 5.74) is 16.5. The molecule has 0 amide bonds. The number of halogens is 1. The topological polar surface area (TPSA) is 172 Å². The second-order valence-corrected chi connectivity index (χ2v) is 32.7. The maximum absolute atomic E-state index is 11.9. The van der Waals surface area contributed by atoms with E-state index in [0.29, 0.717) is 56.1 Å². The Bertz CT molecular complexity index is 5950. The molecule has 0 bridgehead atoms. The SMILES string of the molecule is CC(C)(C)c1cc(-c2nc(-c3cccc(-n4c5ccccc5c5cccnc54)c3)nc3c2oc2ccccc23)c(O)c(C(C)(C)C)c1.CC(C)(C)c1cc(-c2nc(Cl)nc3c2oc2ccccc23)c(O)c(C(C)(C)C)c1.CC1(C)OB(c2cccc(-n3c4ccccc4c4cccnc43)c2)OC1(C)C. The molecule has 522 valence electrons. The molecule has 0 radical (unpaired) electrons. The van der Waals surface area contributed by atoms with Crippen molar-refractivity contribution >= 4 is 112 Å². The molecule has 1 aliphatic heterocycles. The van der Waals surface area contributed by atoms with Crippen molar-refractivity contribution in [3.8, 4) is 56.8 Å². The first-order valence-electron chi connectivity index (χ1n) is 35.4. The number of nitrogens with zero attached hydrogens (tertiary/aromatic N) is 8. The molecule has 0 saturated carbocycles. The zero-order valence-corrected chi connectivity index (χ0v) is 62.4. The first kappa shape index (κ1) is 69.0. The van der Waals surface area contributed by atoms with Gasteiger partial charge in [-0.25, -0.2) is 29.9 Å². The highest BCUT2D eigenvalue weighted by Crippen LogP contribution is 2.48. The fraction of sp³-hybridized carbons (Fsp3) is 0.250. The monoisotopic (exact) mass is 1390 g/mol. The minimum absolute atomic E-state index is 0.105. The normalized spacial score (nSPS) is 14.1. The van der Waals surface area contributed by atoms with E-state index in [2.05, 4.69) is 250 Å². The van der Waals surface area contributed by atoms with Gasteiger partial charge < -0.3 is 28.4 Å². The summed E-state index contributed by atoms with van der Waals surface area (Å²) in [7, 11) is -0.383. The number of aromatic nitrogens is 8. The first-order chi connectivity index (χ1) is 49.3. The zero-order valence-electron chi connectivity index (χ0n) is 61.7. The minimum Gasteiger partial charge on any atom is -0.507 e. The highest BCUT2D eigenvalue weighted by atomic mass is 35.5. The molecule has 17 rings (SSSR count). The largest absolute Gasteiger partial charge is 0.507 e. The molecule has 9 heterocycles. The van der Waals surface area contributed by atoms with Gasteiger partial charge >= 0.3 is 7.12 Å². The number of benzene rings is 8. The van der Waals surface area contributed by atoms with Crippen molar-refractivity contribution in [2.75, 3.05) is 0 Å². The van der Waals surface area contributed by atoms with Gasteiger partial charge in [-0.05, 0) is 175 Å². The van der Waals surface area contributed by atoms with Crippen LogP contribution in [0.5, 0.6) is 11.5 Å². The van der Waals surface area contributed by atoms with Crippen LogP contribution in [-0.4, -0.2) is 67.6 Å². The molecule has 1 fully saturated rings. The van der Waals surface area contributed by atoms with Crippen LogP contribution >= 0.6 is 11.6 Å². The van der Waals surface area contributed by atoms with Crippen molar-refractivity contribution in [1.29, 1.82) is 0 Å². The highest BCUT2D eigenvalue weighted by molar-refractivity contribution is 6.62. The molecule has 8 aromatic carbocycles. The standard InChI is InChI=1S/C41H36N4O2.C24H25ClN2O2.C23H23BN2O2/c1-40(2,3)25-22-30(36(46)31(23-25)41(4,5)6)35-37-34(29-16-8-10-19-33(29)47-37)43-38(44-35)24-13-11-14-26(21-24)45-32-18-9-7-15-27(32)28-17-12-20-42-39(28)45;1-23(2,3)13-11-15(20(28)16(12-13)24(4,5)6)19-21-18(26-22(25)27-19)14-9-7-8-10-17(14)29-21;1-22(2)23(3,4)28-24(27-22)16-9-7-10-17(15-16)26-20-13-6-5-11-18(20)19-12-8-14-25-21(19)26/h7-23,46H,1-6H3;7-12,28H,1-6H3;5-15H,1-4H3. The Morgan fingerprint density at radius 1 is 0.413 bits per heavy atom. The number of fused-ring (bicyclic) bond motifs is 12. The average molecular weight is 1400 g/mol. The molecular formula is C88H84BClN8O6. The Morgan fingerprint density at radius 2 is 0.837 bits per heavy atom. The fourth-order valence-electron chi connectivity index (χ4n) is 14.0. The number of rotatable bonds is 6. The molecule has 1 saturated heterocycles. The molecule has 1 aliphatic rings. The second-order valence-electron chi connectivity index (χ2n) is 32.3. The summed E-state index contributed by atoms with van der Waals surface area (Å²) in [5.74, 6) is 0.955. The van der Waals surface area contributed by atoms with Crippen LogP contribution in [0.1, 0.15) is 133 Å². The Balaban J connectivity index is 0.000000132. The van der Waals surface area contributed by atoms with Gasteiger partial charge in [-0.1, -0.05) is 180 Å². The number of hydrogen-bond acceptors (Lipinski definition) is 12. The summed E-state index contributed by atoms with van der Waals surface area (Å²) < 4.78 is 29.5. The predicted molar refractivity (Wildman–Crippen MR) is 424 cm³/mol. The van der Waals surface area contributed by atoms with Crippen molar-refractivity contribution in [3.05, 3.63) is 234 Å². The number of hydrogen-bond donors (Lipinski definition) is 2. The van der Waals surface area contributed by atoms with Gasteiger partial charge in [-0.2, -0.15) is 0 Å². The third-order valence-electron chi connectivity index (χ3n) is 20.4. The van der Waals surface area contributed by atoms with Crippen molar-refractivity contribution in [3.63, 3.8) is 0 Å². The number of furan rings is 2. The summed E-state index contributed by atoms with van der Waals surface area (Å²) >= 11 is 6.30. The van der Waals surface area contributed by atoms with E-state index in [4.69, 9.17) is 44.7 Å². The minimum atomic E-state index is -0.383.